The lowest BCUT2D eigenvalue weighted by molar-refractivity contribution is 0.0829. The summed E-state index contributed by atoms with van der Waals surface area (Å²) < 4.78 is 11.4. The molecule has 9 heteroatoms. The quantitative estimate of drug-likeness (QED) is 0.368. The van der Waals surface area contributed by atoms with E-state index in [4.69, 9.17) is 8.83 Å². The summed E-state index contributed by atoms with van der Waals surface area (Å²) in [5.41, 5.74) is 7.71. The molecule has 35 heavy (non-hydrogen) atoms. The zero-order valence-corrected chi connectivity index (χ0v) is 19.9. The fourth-order valence-corrected chi connectivity index (χ4v) is 3.53. The molecule has 2 aromatic carbocycles. The van der Waals surface area contributed by atoms with Gasteiger partial charge in [-0.15, -0.1) is 10.2 Å². The van der Waals surface area contributed by atoms with Crippen molar-refractivity contribution in [3.63, 3.8) is 0 Å². The summed E-state index contributed by atoms with van der Waals surface area (Å²) >= 11 is 0. The third-order valence-electron chi connectivity index (χ3n) is 5.64. The lowest BCUT2D eigenvalue weighted by Gasteiger charge is -2.15. The molecule has 180 valence electrons. The molecule has 0 aliphatic carbocycles. The molecule has 2 amide bonds. The number of nitrogens with one attached hydrogen (secondary N) is 2. The zero-order valence-electron chi connectivity index (χ0n) is 19.9. The van der Waals surface area contributed by atoms with Crippen LogP contribution in [-0.2, 0) is 6.54 Å². The monoisotopic (exact) mass is 473 g/mol. The first-order chi connectivity index (χ1) is 17.0. The molecule has 0 bridgehead atoms. The number of hydrazine groups is 1. The van der Waals surface area contributed by atoms with E-state index in [1.165, 1.54) is 0 Å². The molecular weight excluding hydrogens is 446 g/mol. The van der Waals surface area contributed by atoms with Gasteiger partial charge in [-0.2, -0.15) is 0 Å². The largest absolute Gasteiger partial charge is 0.454 e. The van der Waals surface area contributed by atoms with E-state index in [0.717, 1.165) is 24.2 Å². The standard InChI is InChI=1S/C26H27N5O4/c1-4-31(5-2)16-20-14-15-22(34-20)24(33)28-27-23(32)18-10-12-19(13-11-18)25-29-30-26(35-25)21-9-7-6-8-17(21)3/h6-15H,4-5,16H2,1-3H3,(H,27,32)(H,28,33). The van der Waals surface area contributed by atoms with Gasteiger partial charge in [0.2, 0.25) is 11.8 Å². The van der Waals surface area contributed by atoms with Crippen molar-refractivity contribution in [3.05, 3.63) is 83.3 Å². The summed E-state index contributed by atoms with van der Waals surface area (Å²) in [6, 6.07) is 17.7. The van der Waals surface area contributed by atoms with Crippen LogP contribution in [0.4, 0.5) is 0 Å². The average Bonchev–Trinajstić information content (AvgIpc) is 3.56. The van der Waals surface area contributed by atoms with Crippen molar-refractivity contribution in [3.8, 4) is 22.9 Å². The first-order valence-electron chi connectivity index (χ1n) is 11.4. The Morgan fingerprint density at radius 1 is 0.829 bits per heavy atom. The maximum atomic E-state index is 12.5. The van der Waals surface area contributed by atoms with E-state index in [0.29, 0.717) is 35.2 Å². The van der Waals surface area contributed by atoms with E-state index in [2.05, 4.69) is 39.8 Å². The maximum absolute atomic E-state index is 12.5. The Morgan fingerprint density at radius 3 is 2.23 bits per heavy atom. The van der Waals surface area contributed by atoms with Crippen LogP contribution in [0.1, 0.15) is 46.1 Å². The lowest BCUT2D eigenvalue weighted by Crippen LogP contribution is -2.41. The van der Waals surface area contributed by atoms with Gasteiger partial charge in [0, 0.05) is 16.7 Å². The molecule has 0 unspecified atom stereocenters. The second-order valence-corrected chi connectivity index (χ2v) is 7.94. The maximum Gasteiger partial charge on any atom is 0.305 e. The van der Waals surface area contributed by atoms with Crippen LogP contribution in [0, 0.1) is 6.92 Å². The minimum absolute atomic E-state index is 0.128. The van der Waals surface area contributed by atoms with Gasteiger partial charge in [-0.25, -0.2) is 0 Å². The molecular formula is C26H27N5O4. The summed E-state index contributed by atoms with van der Waals surface area (Å²) in [5.74, 6) is 0.597. The molecule has 0 aliphatic rings. The highest BCUT2D eigenvalue weighted by Gasteiger charge is 2.16. The second kappa shape index (κ2) is 10.8. The average molecular weight is 474 g/mol. The van der Waals surface area contributed by atoms with Crippen LogP contribution in [0.3, 0.4) is 0 Å². The van der Waals surface area contributed by atoms with Gasteiger partial charge in [-0.05, 0) is 68.0 Å². The van der Waals surface area contributed by atoms with Crippen LogP contribution in [0.2, 0.25) is 0 Å². The molecule has 0 saturated heterocycles. The Balaban J connectivity index is 1.35. The Bertz CT molecular complexity index is 1310. The van der Waals surface area contributed by atoms with Gasteiger partial charge >= 0.3 is 5.91 Å². The number of carbonyl (C=O) groups is 2. The van der Waals surface area contributed by atoms with Crippen molar-refractivity contribution in [1.29, 1.82) is 0 Å². The fraction of sp³-hybridized carbons (Fsp3) is 0.231. The van der Waals surface area contributed by atoms with E-state index in [1.54, 1.807) is 36.4 Å². The molecule has 0 spiro atoms. The summed E-state index contributed by atoms with van der Waals surface area (Å²) in [4.78, 5) is 27.0. The highest BCUT2D eigenvalue weighted by atomic mass is 16.4. The fourth-order valence-electron chi connectivity index (χ4n) is 3.53. The number of hydrogen-bond acceptors (Lipinski definition) is 7. The Morgan fingerprint density at radius 2 is 1.51 bits per heavy atom. The molecule has 0 atom stereocenters. The van der Waals surface area contributed by atoms with Gasteiger partial charge in [-0.1, -0.05) is 32.0 Å². The molecule has 2 heterocycles. The summed E-state index contributed by atoms with van der Waals surface area (Å²) in [6.45, 7) is 8.48. The Labute approximate surface area is 203 Å². The van der Waals surface area contributed by atoms with Crippen LogP contribution < -0.4 is 10.9 Å². The van der Waals surface area contributed by atoms with Crippen molar-refractivity contribution in [2.75, 3.05) is 13.1 Å². The van der Waals surface area contributed by atoms with Gasteiger partial charge in [0.1, 0.15) is 5.76 Å². The molecule has 0 fully saturated rings. The minimum atomic E-state index is -0.532. The van der Waals surface area contributed by atoms with E-state index >= 15 is 0 Å². The molecule has 0 aliphatic heterocycles. The predicted octanol–water partition coefficient (Wildman–Crippen LogP) is 4.22. The van der Waals surface area contributed by atoms with Gasteiger partial charge in [0.05, 0.1) is 6.54 Å². The van der Waals surface area contributed by atoms with Gasteiger partial charge < -0.3 is 8.83 Å². The van der Waals surface area contributed by atoms with Crippen LogP contribution >= 0.6 is 0 Å². The second-order valence-electron chi connectivity index (χ2n) is 7.94. The number of amides is 2. The number of carbonyl (C=O) groups excluding carboxylic acids is 2. The molecule has 2 N–H and O–H groups in total. The third-order valence-corrected chi connectivity index (χ3v) is 5.64. The Kier molecular flexibility index (Phi) is 7.37. The van der Waals surface area contributed by atoms with Gasteiger partial charge in [0.15, 0.2) is 5.76 Å². The van der Waals surface area contributed by atoms with Crippen molar-refractivity contribution < 1.29 is 18.4 Å². The smallest absolute Gasteiger partial charge is 0.305 e. The highest BCUT2D eigenvalue weighted by Crippen LogP contribution is 2.26. The number of nitrogens with zero attached hydrogens (tertiary/aromatic N) is 3. The summed E-state index contributed by atoms with van der Waals surface area (Å²) in [5, 5.41) is 8.25. The predicted molar refractivity (Wildman–Crippen MR) is 130 cm³/mol. The number of hydrogen-bond donors (Lipinski definition) is 2. The Hall–Kier alpha value is -4.24. The van der Waals surface area contributed by atoms with Crippen LogP contribution in [0.25, 0.3) is 22.9 Å². The summed E-state index contributed by atoms with van der Waals surface area (Å²) in [6.07, 6.45) is 0. The topological polar surface area (TPSA) is 114 Å². The zero-order chi connectivity index (χ0) is 24.8. The highest BCUT2D eigenvalue weighted by molar-refractivity contribution is 5.98. The first kappa shape index (κ1) is 23.9. The van der Waals surface area contributed by atoms with Crippen LogP contribution in [0.15, 0.2) is 69.5 Å². The molecule has 0 radical (unpaired) electrons. The number of furan rings is 1. The normalized spacial score (nSPS) is 11.0. The molecule has 0 saturated carbocycles. The van der Waals surface area contributed by atoms with Crippen LogP contribution in [-0.4, -0.2) is 40.0 Å². The van der Waals surface area contributed by atoms with E-state index < -0.39 is 11.8 Å². The molecule has 4 rings (SSSR count). The molecule has 9 nitrogen and oxygen atoms in total. The molecule has 2 aromatic heterocycles. The van der Waals surface area contributed by atoms with Crippen LogP contribution in [0.5, 0.6) is 0 Å². The minimum Gasteiger partial charge on any atom is -0.454 e. The van der Waals surface area contributed by atoms with Crippen molar-refractivity contribution in [1.82, 2.24) is 25.9 Å². The number of benzene rings is 2. The number of aromatic nitrogens is 2. The van der Waals surface area contributed by atoms with E-state index in [1.807, 2.05) is 31.2 Å². The first-order valence-corrected chi connectivity index (χ1v) is 11.4. The lowest BCUT2D eigenvalue weighted by atomic mass is 10.1. The summed E-state index contributed by atoms with van der Waals surface area (Å²) in [7, 11) is 0. The number of rotatable bonds is 8. The SMILES string of the molecule is CCN(CC)Cc1ccc(C(=O)NNC(=O)c2ccc(-c3nnc(-c4ccccc4C)o3)cc2)o1. The van der Waals surface area contributed by atoms with E-state index in [9.17, 15) is 9.59 Å². The molecule has 4 aromatic rings. The van der Waals surface area contributed by atoms with Gasteiger partial charge in [-0.3, -0.25) is 25.3 Å². The van der Waals surface area contributed by atoms with Crippen molar-refractivity contribution in [2.45, 2.75) is 27.3 Å². The van der Waals surface area contributed by atoms with Gasteiger partial charge in [0.25, 0.3) is 5.91 Å². The van der Waals surface area contributed by atoms with E-state index in [-0.39, 0.29) is 5.76 Å². The number of aryl methyl sites for hydroxylation is 1. The van der Waals surface area contributed by atoms with Crippen molar-refractivity contribution in [2.24, 2.45) is 0 Å². The van der Waals surface area contributed by atoms with Crippen molar-refractivity contribution >= 4 is 11.8 Å². The third kappa shape index (κ3) is 5.64.